The predicted octanol–water partition coefficient (Wildman–Crippen LogP) is 4.14. The summed E-state index contributed by atoms with van der Waals surface area (Å²) < 4.78 is 6.15. The maximum Gasteiger partial charge on any atom is 0.196 e. The van der Waals surface area contributed by atoms with Gasteiger partial charge in [-0.3, -0.25) is 4.90 Å². The van der Waals surface area contributed by atoms with Crippen LogP contribution in [0.2, 0.25) is 0 Å². The molecule has 1 aromatic carbocycles. The Balaban J connectivity index is 1.44. The lowest BCUT2D eigenvalue weighted by Crippen LogP contribution is -2.51. The van der Waals surface area contributed by atoms with E-state index in [1.165, 1.54) is 32.1 Å². The Bertz CT molecular complexity index is 920. The third-order valence-corrected chi connectivity index (χ3v) is 6.02. The molecule has 0 amide bonds. The number of hydrogen-bond donors (Lipinski definition) is 0. The summed E-state index contributed by atoms with van der Waals surface area (Å²) in [6.07, 6.45) is 6.97. The van der Waals surface area contributed by atoms with Crippen LogP contribution in [-0.2, 0) is 0 Å². The first-order valence-electron chi connectivity index (χ1n) is 9.94. The van der Waals surface area contributed by atoms with Crippen LogP contribution in [0.5, 0.6) is 0 Å². The summed E-state index contributed by atoms with van der Waals surface area (Å²) in [6.45, 7) is 6.24. The molecule has 0 unspecified atom stereocenters. The fourth-order valence-corrected chi connectivity index (χ4v) is 4.64. The number of piperazine rings is 1. The quantitative estimate of drug-likeness (QED) is 0.695. The van der Waals surface area contributed by atoms with E-state index < -0.39 is 0 Å². The number of para-hydroxylation sites is 1. The van der Waals surface area contributed by atoms with Gasteiger partial charge < -0.3 is 9.32 Å². The maximum atomic E-state index is 6.15. The van der Waals surface area contributed by atoms with Gasteiger partial charge in [0.25, 0.3) is 0 Å². The molecule has 3 heterocycles. The third-order valence-electron chi connectivity index (χ3n) is 6.02. The average molecular weight is 350 g/mol. The van der Waals surface area contributed by atoms with E-state index in [4.69, 9.17) is 9.40 Å². The number of benzene rings is 1. The molecular formula is C21H26N4O. The minimum Gasteiger partial charge on any atom is -0.450 e. The average Bonchev–Trinajstić information content (AvgIpc) is 3.07. The van der Waals surface area contributed by atoms with Crippen LogP contribution in [0.4, 0.5) is 5.82 Å². The minimum absolute atomic E-state index is 0.796. The summed E-state index contributed by atoms with van der Waals surface area (Å²) in [7, 11) is 0. The molecule has 5 heteroatoms. The second-order valence-corrected chi connectivity index (χ2v) is 7.69. The van der Waals surface area contributed by atoms with Gasteiger partial charge in [0.15, 0.2) is 11.4 Å². The Hall–Kier alpha value is -2.14. The molecule has 5 rings (SSSR count). The van der Waals surface area contributed by atoms with E-state index in [9.17, 15) is 0 Å². The standard InChI is InChI=1S/C21H26N4O/c1-15-22-19-17-9-5-6-10-18(17)26-20(19)21(23-15)25-13-11-24(12-14-25)16-7-3-2-4-8-16/h5-6,9-10,16H,2-4,7-8,11-14H2,1H3. The van der Waals surface area contributed by atoms with Crippen molar-refractivity contribution in [1.82, 2.24) is 14.9 Å². The Morgan fingerprint density at radius 1 is 0.962 bits per heavy atom. The van der Waals surface area contributed by atoms with E-state index >= 15 is 0 Å². The molecule has 2 aliphatic rings. The van der Waals surface area contributed by atoms with Crippen molar-refractivity contribution in [2.24, 2.45) is 0 Å². The van der Waals surface area contributed by atoms with Crippen LogP contribution in [0.15, 0.2) is 28.7 Å². The number of furan rings is 1. The van der Waals surface area contributed by atoms with Gasteiger partial charge in [0, 0.05) is 37.6 Å². The second-order valence-electron chi connectivity index (χ2n) is 7.69. The molecule has 5 nitrogen and oxygen atoms in total. The zero-order chi connectivity index (χ0) is 17.5. The van der Waals surface area contributed by atoms with Crippen molar-refractivity contribution >= 4 is 27.9 Å². The predicted molar refractivity (Wildman–Crippen MR) is 105 cm³/mol. The molecule has 0 atom stereocenters. The summed E-state index contributed by atoms with van der Waals surface area (Å²) >= 11 is 0. The first-order valence-corrected chi connectivity index (χ1v) is 9.94. The molecule has 136 valence electrons. The Kier molecular flexibility index (Phi) is 4.04. The van der Waals surface area contributed by atoms with Crippen LogP contribution >= 0.6 is 0 Å². The van der Waals surface area contributed by atoms with E-state index in [1.54, 1.807) is 0 Å². The molecule has 26 heavy (non-hydrogen) atoms. The molecule has 3 aromatic rings. The minimum atomic E-state index is 0.796. The number of rotatable bonds is 2. The van der Waals surface area contributed by atoms with Crippen LogP contribution in [0.3, 0.4) is 0 Å². The van der Waals surface area contributed by atoms with Gasteiger partial charge >= 0.3 is 0 Å². The van der Waals surface area contributed by atoms with Crippen LogP contribution in [0, 0.1) is 6.92 Å². The van der Waals surface area contributed by atoms with Crippen LogP contribution < -0.4 is 4.90 Å². The van der Waals surface area contributed by atoms with Gasteiger partial charge in [0.1, 0.15) is 16.9 Å². The lowest BCUT2D eigenvalue weighted by Gasteiger charge is -2.41. The molecule has 0 spiro atoms. The summed E-state index contributed by atoms with van der Waals surface area (Å²) in [4.78, 5) is 14.5. The van der Waals surface area contributed by atoms with Gasteiger partial charge in [0.2, 0.25) is 0 Å². The van der Waals surface area contributed by atoms with Gasteiger partial charge in [-0.1, -0.05) is 31.4 Å². The van der Waals surface area contributed by atoms with Crippen molar-refractivity contribution in [3.8, 4) is 0 Å². The number of hydrogen-bond acceptors (Lipinski definition) is 5. The number of aromatic nitrogens is 2. The van der Waals surface area contributed by atoms with E-state index in [0.29, 0.717) is 0 Å². The third kappa shape index (κ3) is 2.75. The van der Waals surface area contributed by atoms with Crippen molar-refractivity contribution in [2.45, 2.75) is 45.1 Å². The zero-order valence-electron chi connectivity index (χ0n) is 15.4. The Morgan fingerprint density at radius 2 is 1.73 bits per heavy atom. The van der Waals surface area contributed by atoms with Gasteiger partial charge in [0.05, 0.1) is 0 Å². The van der Waals surface area contributed by atoms with E-state index in [-0.39, 0.29) is 0 Å². The summed E-state index contributed by atoms with van der Waals surface area (Å²) in [5, 5.41) is 1.08. The summed E-state index contributed by atoms with van der Waals surface area (Å²) in [5.74, 6) is 1.78. The molecule has 0 N–H and O–H groups in total. The summed E-state index contributed by atoms with van der Waals surface area (Å²) in [6, 6.07) is 8.94. The monoisotopic (exact) mass is 350 g/mol. The molecule has 1 saturated heterocycles. The highest BCUT2D eigenvalue weighted by atomic mass is 16.3. The van der Waals surface area contributed by atoms with Gasteiger partial charge in [-0.25, -0.2) is 9.97 Å². The van der Waals surface area contributed by atoms with Crippen molar-refractivity contribution in [3.05, 3.63) is 30.1 Å². The van der Waals surface area contributed by atoms with Crippen LogP contribution in [-0.4, -0.2) is 47.1 Å². The smallest absolute Gasteiger partial charge is 0.196 e. The topological polar surface area (TPSA) is 45.4 Å². The van der Waals surface area contributed by atoms with Crippen molar-refractivity contribution in [1.29, 1.82) is 0 Å². The fourth-order valence-electron chi connectivity index (χ4n) is 4.64. The summed E-state index contributed by atoms with van der Waals surface area (Å²) in [5.41, 5.74) is 2.67. The van der Waals surface area contributed by atoms with Crippen molar-refractivity contribution in [3.63, 3.8) is 0 Å². The molecule has 1 saturated carbocycles. The van der Waals surface area contributed by atoms with Crippen molar-refractivity contribution in [2.75, 3.05) is 31.1 Å². The Labute approximate surface area is 154 Å². The number of fused-ring (bicyclic) bond motifs is 3. The molecule has 1 aliphatic heterocycles. The molecule has 0 radical (unpaired) electrons. The maximum absolute atomic E-state index is 6.15. The van der Waals surface area contributed by atoms with Gasteiger partial charge in [-0.2, -0.15) is 0 Å². The Morgan fingerprint density at radius 3 is 2.54 bits per heavy atom. The van der Waals surface area contributed by atoms with E-state index in [1.807, 2.05) is 25.1 Å². The van der Waals surface area contributed by atoms with Crippen molar-refractivity contribution < 1.29 is 4.42 Å². The highest BCUT2D eigenvalue weighted by Gasteiger charge is 2.27. The molecule has 2 aromatic heterocycles. The molecule has 0 bridgehead atoms. The zero-order valence-corrected chi connectivity index (χ0v) is 15.4. The SMILES string of the molecule is Cc1nc(N2CCN(C3CCCCC3)CC2)c2oc3ccccc3c2n1. The first-order chi connectivity index (χ1) is 12.8. The highest BCUT2D eigenvalue weighted by Crippen LogP contribution is 2.33. The molecule has 2 fully saturated rings. The lowest BCUT2D eigenvalue weighted by atomic mass is 9.94. The highest BCUT2D eigenvalue weighted by molar-refractivity contribution is 6.05. The van der Waals surface area contributed by atoms with Gasteiger partial charge in [-0.05, 0) is 31.9 Å². The first kappa shape index (κ1) is 16.1. The van der Waals surface area contributed by atoms with Crippen LogP contribution in [0.25, 0.3) is 22.1 Å². The van der Waals surface area contributed by atoms with E-state index in [2.05, 4.69) is 20.9 Å². The number of aryl methyl sites for hydroxylation is 1. The molecule has 1 aliphatic carbocycles. The van der Waals surface area contributed by atoms with E-state index in [0.717, 1.165) is 65.9 Å². The molecular weight excluding hydrogens is 324 g/mol. The second kappa shape index (κ2) is 6.54. The lowest BCUT2D eigenvalue weighted by molar-refractivity contribution is 0.147. The van der Waals surface area contributed by atoms with Crippen LogP contribution in [0.1, 0.15) is 37.9 Å². The van der Waals surface area contributed by atoms with Gasteiger partial charge in [-0.15, -0.1) is 0 Å². The largest absolute Gasteiger partial charge is 0.450 e. The fraction of sp³-hybridized carbons (Fsp3) is 0.524. The number of anilines is 1. The normalized spacial score (nSPS) is 20.3. The number of nitrogens with zero attached hydrogens (tertiary/aromatic N) is 4.